The molecule has 0 radical (unpaired) electrons. The molecule has 0 bridgehead atoms. The van der Waals surface area contributed by atoms with E-state index in [-0.39, 0.29) is 22.9 Å². The lowest BCUT2D eigenvalue weighted by Crippen LogP contribution is -2.07. The Labute approximate surface area is 114 Å². The first-order valence-electron chi connectivity index (χ1n) is 5.54. The van der Waals surface area contributed by atoms with Gasteiger partial charge in [-0.05, 0) is 17.7 Å². The third kappa shape index (κ3) is 3.03. The molecule has 0 aliphatic carbocycles. The van der Waals surface area contributed by atoms with E-state index in [1.54, 1.807) is 0 Å². The predicted octanol–water partition coefficient (Wildman–Crippen LogP) is 3.42. The number of benzene rings is 2. The Bertz CT molecular complexity index is 602. The van der Waals surface area contributed by atoms with Gasteiger partial charge in [0.25, 0.3) is 0 Å². The number of esters is 1. The van der Waals surface area contributed by atoms with Crippen molar-refractivity contribution in [1.29, 1.82) is 0 Å². The molecule has 2 rings (SSSR count). The molecule has 0 fully saturated rings. The van der Waals surface area contributed by atoms with Gasteiger partial charge in [-0.2, -0.15) is 0 Å². The molecule has 19 heavy (non-hydrogen) atoms. The average molecular weight is 280 g/mol. The Morgan fingerprint density at radius 2 is 1.89 bits per heavy atom. The second kappa shape index (κ2) is 5.71. The van der Waals surface area contributed by atoms with Crippen molar-refractivity contribution in [1.82, 2.24) is 0 Å². The van der Waals surface area contributed by atoms with Crippen LogP contribution in [0, 0.1) is 5.82 Å². The van der Waals surface area contributed by atoms with Crippen molar-refractivity contribution < 1.29 is 13.9 Å². The maximum atomic E-state index is 13.5. The van der Waals surface area contributed by atoms with Crippen molar-refractivity contribution in [2.45, 2.75) is 6.61 Å². The number of nitrogens with two attached hydrogens (primary N) is 1. The largest absolute Gasteiger partial charge is 0.457 e. The zero-order valence-electron chi connectivity index (χ0n) is 9.90. The number of hydrogen-bond donors (Lipinski definition) is 1. The van der Waals surface area contributed by atoms with Gasteiger partial charge in [0.15, 0.2) is 5.82 Å². The fraction of sp³-hybridized carbons (Fsp3) is 0.0714. The summed E-state index contributed by atoms with van der Waals surface area (Å²) in [7, 11) is 0. The third-order valence-electron chi connectivity index (χ3n) is 2.54. The highest BCUT2D eigenvalue weighted by atomic mass is 35.5. The van der Waals surface area contributed by atoms with Crippen molar-refractivity contribution >= 4 is 23.3 Å². The summed E-state index contributed by atoms with van der Waals surface area (Å²) < 4.78 is 18.5. The zero-order chi connectivity index (χ0) is 13.8. The first-order chi connectivity index (χ1) is 9.09. The molecule has 3 nitrogen and oxygen atoms in total. The minimum Gasteiger partial charge on any atom is -0.457 e. The molecule has 0 amide bonds. The Morgan fingerprint density at radius 1 is 1.21 bits per heavy atom. The van der Waals surface area contributed by atoms with Gasteiger partial charge in [-0.3, -0.25) is 0 Å². The minimum absolute atomic E-state index is 0.0377. The molecule has 0 saturated heterocycles. The fourth-order valence-corrected chi connectivity index (χ4v) is 1.77. The molecule has 98 valence electrons. The molecule has 0 atom stereocenters. The number of carbonyl (C=O) groups excluding carboxylic acids is 1. The van der Waals surface area contributed by atoms with E-state index >= 15 is 0 Å². The van der Waals surface area contributed by atoms with Crippen molar-refractivity contribution in [3.63, 3.8) is 0 Å². The van der Waals surface area contributed by atoms with E-state index in [4.69, 9.17) is 22.1 Å². The topological polar surface area (TPSA) is 52.3 Å². The maximum Gasteiger partial charge on any atom is 0.340 e. The van der Waals surface area contributed by atoms with Crippen LogP contribution in [0.25, 0.3) is 0 Å². The third-order valence-corrected chi connectivity index (χ3v) is 2.91. The van der Waals surface area contributed by atoms with E-state index < -0.39 is 11.8 Å². The molecule has 0 heterocycles. The van der Waals surface area contributed by atoms with Crippen LogP contribution in [0.5, 0.6) is 0 Å². The van der Waals surface area contributed by atoms with Crippen molar-refractivity contribution in [2.24, 2.45) is 0 Å². The highest BCUT2D eigenvalue weighted by Gasteiger charge is 2.17. The lowest BCUT2D eigenvalue weighted by atomic mass is 10.2. The Balaban J connectivity index is 2.11. The molecule has 0 unspecified atom stereocenters. The molecular formula is C14H11ClFNO2. The van der Waals surface area contributed by atoms with Crippen molar-refractivity contribution in [3.05, 3.63) is 64.4 Å². The van der Waals surface area contributed by atoms with Crippen LogP contribution in [0.15, 0.2) is 42.5 Å². The molecule has 5 heteroatoms. The van der Waals surface area contributed by atoms with Gasteiger partial charge in [-0.15, -0.1) is 0 Å². The summed E-state index contributed by atoms with van der Waals surface area (Å²) in [6, 6.07) is 11.8. The lowest BCUT2D eigenvalue weighted by Gasteiger charge is -2.08. The molecule has 0 aromatic heterocycles. The number of hydrogen-bond acceptors (Lipinski definition) is 3. The first-order valence-corrected chi connectivity index (χ1v) is 5.92. The van der Waals surface area contributed by atoms with E-state index in [0.29, 0.717) is 0 Å². The van der Waals surface area contributed by atoms with Crippen LogP contribution < -0.4 is 5.73 Å². The van der Waals surface area contributed by atoms with Crippen molar-refractivity contribution in [3.8, 4) is 0 Å². The number of ether oxygens (including phenoxy) is 1. The minimum atomic E-state index is -0.809. The molecule has 0 aliphatic rings. The normalized spacial score (nSPS) is 10.2. The SMILES string of the molecule is Nc1ccc(C(=O)OCc2ccccc2)c(Cl)c1F. The van der Waals surface area contributed by atoms with Crippen molar-refractivity contribution in [2.75, 3.05) is 5.73 Å². The number of nitrogen functional groups attached to an aromatic ring is 1. The van der Waals surface area contributed by atoms with E-state index in [0.717, 1.165) is 5.56 Å². The highest BCUT2D eigenvalue weighted by Crippen LogP contribution is 2.25. The van der Waals surface area contributed by atoms with E-state index in [2.05, 4.69) is 0 Å². The molecule has 2 aromatic rings. The van der Waals surface area contributed by atoms with E-state index in [1.165, 1.54) is 12.1 Å². The average Bonchev–Trinajstić information content (AvgIpc) is 2.43. The van der Waals surface area contributed by atoms with Crippen LogP contribution in [-0.2, 0) is 11.3 Å². The second-order valence-corrected chi connectivity index (χ2v) is 4.27. The summed E-state index contributed by atoms with van der Waals surface area (Å²) in [4.78, 5) is 11.8. The molecule has 2 N–H and O–H groups in total. The van der Waals surface area contributed by atoms with Crippen LogP contribution in [0.4, 0.5) is 10.1 Å². The Morgan fingerprint density at radius 3 is 2.58 bits per heavy atom. The van der Waals surface area contributed by atoms with E-state index in [9.17, 15) is 9.18 Å². The molecule has 0 saturated carbocycles. The monoisotopic (exact) mass is 279 g/mol. The maximum absolute atomic E-state index is 13.5. The van der Waals surface area contributed by atoms with Crippen LogP contribution in [0.3, 0.4) is 0 Å². The highest BCUT2D eigenvalue weighted by molar-refractivity contribution is 6.34. The van der Waals surface area contributed by atoms with Crippen LogP contribution in [0.1, 0.15) is 15.9 Å². The van der Waals surface area contributed by atoms with Crippen LogP contribution in [-0.4, -0.2) is 5.97 Å². The van der Waals surface area contributed by atoms with Crippen LogP contribution in [0.2, 0.25) is 5.02 Å². The smallest absolute Gasteiger partial charge is 0.340 e. The van der Waals surface area contributed by atoms with Gasteiger partial charge in [0.05, 0.1) is 16.3 Å². The predicted molar refractivity (Wildman–Crippen MR) is 71.4 cm³/mol. The van der Waals surface area contributed by atoms with Gasteiger partial charge in [-0.25, -0.2) is 9.18 Å². The fourth-order valence-electron chi connectivity index (χ4n) is 1.52. The lowest BCUT2D eigenvalue weighted by molar-refractivity contribution is 0.0472. The molecule has 0 spiro atoms. The van der Waals surface area contributed by atoms with Gasteiger partial charge in [0, 0.05) is 0 Å². The number of halogens is 2. The molecule has 0 aliphatic heterocycles. The summed E-state index contributed by atoms with van der Waals surface area (Å²) in [6.45, 7) is 0.0992. The summed E-state index contributed by atoms with van der Waals surface area (Å²) in [5, 5.41) is -0.321. The zero-order valence-corrected chi connectivity index (χ0v) is 10.7. The summed E-state index contributed by atoms with van der Waals surface area (Å²) in [5.41, 5.74) is 6.03. The van der Waals surface area contributed by atoms with Gasteiger partial charge in [-0.1, -0.05) is 41.9 Å². The summed E-state index contributed by atoms with van der Waals surface area (Å²) in [6.07, 6.45) is 0. The quantitative estimate of drug-likeness (QED) is 0.692. The van der Waals surface area contributed by atoms with Crippen LogP contribution >= 0.6 is 11.6 Å². The van der Waals surface area contributed by atoms with Gasteiger partial charge in [0.2, 0.25) is 0 Å². The Hall–Kier alpha value is -2.07. The Kier molecular flexibility index (Phi) is 4.02. The number of carbonyl (C=O) groups is 1. The van der Waals surface area contributed by atoms with Gasteiger partial charge in [0.1, 0.15) is 6.61 Å². The molecular weight excluding hydrogens is 269 g/mol. The first kappa shape index (κ1) is 13.4. The van der Waals surface area contributed by atoms with Gasteiger partial charge >= 0.3 is 5.97 Å². The standard InChI is InChI=1S/C14H11ClFNO2/c15-12-10(6-7-11(17)13(12)16)14(18)19-8-9-4-2-1-3-5-9/h1-7H,8,17H2. The summed E-state index contributed by atoms with van der Waals surface area (Å²) in [5.74, 6) is -1.50. The number of anilines is 1. The van der Waals surface area contributed by atoms with E-state index in [1.807, 2.05) is 30.3 Å². The summed E-state index contributed by atoms with van der Waals surface area (Å²) >= 11 is 5.72. The van der Waals surface area contributed by atoms with Gasteiger partial charge < -0.3 is 10.5 Å². The second-order valence-electron chi connectivity index (χ2n) is 3.89. The molecule has 2 aromatic carbocycles. The number of rotatable bonds is 3.